The molecule has 2 aromatic heterocycles. The van der Waals surface area contributed by atoms with Crippen molar-refractivity contribution in [3.8, 4) is 34.0 Å². The lowest BCUT2D eigenvalue weighted by atomic mass is 10.0. The third-order valence-corrected chi connectivity index (χ3v) is 6.68. The zero-order valence-corrected chi connectivity index (χ0v) is 21.1. The summed E-state index contributed by atoms with van der Waals surface area (Å²) >= 11 is 1.49. The zero-order chi connectivity index (χ0) is 25.1. The van der Waals surface area contributed by atoms with Gasteiger partial charge in [-0.05, 0) is 49.6 Å². The second kappa shape index (κ2) is 10.3. The van der Waals surface area contributed by atoms with Crippen LogP contribution in [0, 0.1) is 0 Å². The van der Waals surface area contributed by atoms with Crippen molar-refractivity contribution in [2.24, 2.45) is 0 Å². The summed E-state index contributed by atoms with van der Waals surface area (Å²) in [5.41, 5.74) is 5.03. The van der Waals surface area contributed by atoms with Crippen molar-refractivity contribution in [3.63, 3.8) is 0 Å². The molecule has 2 heterocycles. The number of thioether (sulfide) groups is 1. The van der Waals surface area contributed by atoms with Crippen LogP contribution in [0.1, 0.15) is 17.3 Å². The fourth-order valence-corrected chi connectivity index (χ4v) is 4.99. The number of aromatic nitrogens is 3. The molecular weight excluding hydrogens is 470 g/mol. The first-order valence-electron chi connectivity index (χ1n) is 11.6. The SMILES string of the molecule is CCOC(=O)c1c(-c2ccc(OC)cc2)nc2c(c(-c3ccccc3)nn2-c2ccccc2)c1SC. The first-order chi connectivity index (χ1) is 17.7. The van der Waals surface area contributed by atoms with Crippen LogP contribution in [0.3, 0.4) is 0 Å². The molecule has 180 valence electrons. The van der Waals surface area contributed by atoms with Gasteiger partial charge in [-0.25, -0.2) is 14.5 Å². The van der Waals surface area contributed by atoms with Gasteiger partial charge in [-0.3, -0.25) is 0 Å². The number of pyridine rings is 1. The minimum absolute atomic E-state index is 0.265. The number of carbonyl (C=O) groups is 1. The number of esters is 1. The van der Waals surface area contributed by atoms with Crippen molar-refractivity contribution in [2.75, 3.05) is 20.0 Å². The summed E-state index contributed by atoms with van der Waals surface area (Å²) in [7, 11) is 1.62. The number of ether oxygens (including phenoxy) is 2. The molecule has 0 N–H and O–H groups in total. The van der Waals surface area contributed by atoms with Crippen LogP contribution < -0.4 is 4.74 Å². The standard InChI is InChI=1S/C29H25N3O3S/c1-4-35-29(33)24-25(20-15-17-22(34-2)18-16-20)30-28-23(27(24)36-3)26(19-11-7-5-8-12-19)31-32(28)21-13-9-6-10-14-21/h5-18H,4H2,1-3H3. The lowest BCUT2D eigenvalue weighted by Gasteiger charge is -2.15. The Morgan fingerprint density at radius 2 is 1.53 bits per heavy atom. The average Bonchev–Trinajstić information content (AvgIpc) is 3.32. The van der Waals surface area contributed by atoms with E-state index in [1.807, 2.05) is 95.9 Å². The summed E-state index contributed by atoms with van der Waals surface area (Å²) in [4.78, 5) is 19.2. The van der Waals surface area contributed by atoms with Crippen LogP contribution in [0.4, 0.5) is 0 Å². The highest BCUT2D eigenvalue weighted by Crippen LogP contribution is 2.41. The largest absolute Gasteiger partial charge is 0.497 e. The van der Waals surface area contributed by atoms with E-state index in [1.54, 1.807) is 14.0 Å². The molecule has 6 nitrogen and oxygen atoms in total. The number of benzene rings is 3. The molecule has 0 aliphatic rings. The predicted molar refractivity (Wildman–Crippen MR) is 144 cm³/mol. The van der Waals surface area contributed by atoms with Crippen LogP contribution in [-0.2, 0) is 4.74 Å². The molecule has 5 rings (SSSR count). The van der Waals surface area contributed by atoms with Gasteiger partial charge in [-0.1, -0.05) is 48.5 Å². The second-order valence-electron chi connectivity index (χ2n) is 7.98. The van der Waals surface area contributed by atoms with Gasteiger partial charge in [0.1, 0.15) is 17.0 Å². The Morgan fingerprint density at radius 1 is 0.889 bits per heavy atom. The van der Waals surface area contributed by atoms with Gasteiger partial charge >= 0.3 is 5.97 Å². The van der Waals surface area contributed by atoms with Crippen LogP contribution >= 0.6 is 11.8 Å². The van der Waals surface area contributed by atoms with Crippen molar-refractivity contribution < 1.29 is 14.3 Å². The lowest BCUT2D eigenvalue weighted by Crippen LogP contribution is -2.11. The molecule has 0 aliphatic carbocycles. The highest BCUT2D eigenvalue weighted by atomic mass is 32.2. The Morgan fingerprint density at radius 3 is 2.14 bits per heavy atom. The number of carbonyl (C=O) groups excluding carboxylic acids is 1. The van der Waals surface area contributed by atoms with Crippen LogP contribution in [0.5, 0.6) is 5.75 Å². The van der Waals surface area contributed by atoms with E-state index < -0.39 is 5.97 Å². The average molecular weight is 496 g/mol. The van der Waals surface area contributed by atoms with Crippen molar-refractivity contribution in [2.45, 2.75) is 11.8 Å². The first kappa shape index (κ1) is 23.6. The van der Waals surface area contributed by atoms with Crippen LogP contribution in [0.25, 0.3) is 39.2 Å². The Labute approximate surface area is 213 Å². The Balaban J connectivity index is 1.91. The topological polar surface area (TPSA) is 66.2 Å². The molecule has 0 fully saturated rings. The predicted octanol–water partition coefficient (Wildman–Crippen LogP) is 6.66. The van der Waals surface area contributed by atoms with E-state index in [9.17, 15) is 4.79 Å². The summed E-state index contributed by atoms with van der Waals surface area (Å²) in [6.45, 7) is 2.07. The van der Waals surface area contributed by atoms with Gasteiger partial charge in [0.05, 0.1) is 30.5 Å². The van der Waals surface area contributed by atoms with Crippen LogP contribution in [-0.4, -0.2) is 40.7 Å². The van der Waals surface area contributed by atoms with Gasteiger partial charge in [0, 0.05) is 16.0 Å². The van der Waals surface area contributed by atoms with Gasteiger partial charge in [0.2, 0.25) is 0 Å². The molecule has 0 saturated carbocycles. The maximum absolute atomic E-state index is 13.4. The monoisotopic (exact) mass is 495 g/mol. The summed E-state index contributed by atoms with van der Waals surface area (Å²) in [5.74, 6) is 0.317. The normalized spacial score (nSPS) is 11.0. The minimum Gasteiger partial charge on any atom is -0.497 e. The van der Waals surface area contributed by atoms with E-state index in [0.29, 0.717) is 16.9 Å². The van der Waals surface area contributed by atoms with E-state index >= 15 is 0 Å². The number of hydrogen-bond donors (Lipinski definition) is 0. The Kier molecular flexibility index (Phi) is 6.73. The summed E-state index contributed by atoms with van der Waals surface area (Å²) < 4.78 is 12.7. The van der Waals surface area contributed by atoms with Crippen molar-refractivity contribution >= 4 is 28.8 Å². The maximum atomic E-state index is 13.4. The molecule has 0 saturated heterocycles. The summed E-state index contributed by atoms with van der Waals surface area (Å²) in [6.07, 6.45) is 1.96. The van der Waals surface area contributed by atoms with E-state index in [-0.39, 0.29) is 6.61 Å². The molecule has 0 atom stereocenters. The highest BCUT2D eigenvalue weighted by Gasteiger charge is 2.28. The molecule has 0 aliphatic heterocycles. The van der Waals surface area contributed by atoms with E-state index in [4.69, 9.17) is 19.6 Å². The number of nitrogens with zero attached hydrogens (tertiary/aromatic N) is 3. The third-order valence-electron chi connectivity index (χ3n) is 5.86. The zero-order valence-electron chi connectivity index (χ0n) is 20.3. The Bertz CT molecular complexity index is 1520. The number of fused-ring (bicyclic) bond motifs is 1. The molecule has 0 bridgehead atoms. The quantitative estimate of drug-likeness (QED) is 0.186. The molecule has 5 aromatic rings. The smallest absolute Gasteiger partial charge is 0.341 e. The van der Waals surface area contributed by atoms with E-state index in [2.05, 4.69) is 0 Å². The fraction of sp³-hybridized carbons (Fsp3) is 0.138. The first-order valence-corrected chi connectivity index (χ1v) is 12.8. The van der Waals surface area contributed by atoms with Crippen LogP contribution in [0.15, 0.2) is 89.8 Å². The molecule has 7 heteroatoms. The van der Waals surface area contributed by atoms with Crippen molar-refractivity contribution in [1.82, 2.24) is 14.8 Å². The highest BCUT2D eigenvalue weighted by molar-refractivity contribution is 7.99. The van der Waals surface area contributed by atoms with E-state index in [1.165, 1.54) is 11.8 Å². The number of methoxy groups -OCH3 is 1. The minimum atomic E-state index is -0.409. The van der Waals surface area contributed by atoms with Crippen molar-refractivity contribution in [3.05, 3.63) is 90.5 Å². The number of hydrogen-bond acceptors (Lipinski definition) is 6. The summed E-state index contributed by atoms with van der Waals surface area (Å²) in [6, 6.07) is 27.4. The molecule has 0 radical (unpaired) electrons. The van der Waals surface area contributed by atoms with Gasteiger partial charge in [0.15, 0.2) is 5.65 Å². The van der Waals surface area contributed by atoms with Crippen LogP contribution in [0.2, 0.25) is 0 Å². The number of para-hydroxylation sites is 1. The lowest BCUT2D eigenvalue weighted by molar-refractivity contribution is 0.0523. The third kappa shape index (κ3) is 4.22. The van der Waals surface area contributed by atoms with Crippen molar-refractivity contribution in [1.29, 1.82) is 0 Å². The van der Waals surface area contributed by atoms with Gasteiger partial charge in [0.25, 0.3) is 0 Å². The second-order valence-corrected chi connectivity index (χ2v) is 8.79. The summed E-state index contributed by atoms with van der Waals surface area (Å²) in [5, 5.41) is 5.83. The molecule has 0 amide bonds. The van der Waals surface area contributed by atoms with Gasteiger partial charge < -0.3 is 9.47 Å². The van der Waals surface area contributed by atoms with E-state index in [0.717, 1.165) is 38.5 Å². The molecule has 0 spiro atoms. The van der Waals surface area contributed by atoms with Gasteiger partial charge in [-0.2, -0.15) is 5.10 Å². The fourth-order valence-electron chi connectivity index (χ4n) is 4.22. The molecule has 0 unspecified atom stereocenters. The molecule has 3 aromatic carbocycles. The Hall–Kier alpha value is -4.10. The molecule has 36 heavy (non-hydrogen) atoms. The van der Waals surface area contributed by atoms with Gasteiger partial charge in [-0.15, -0.1) is 11.8 Å². The molecular formula is C29H25N3O3S. The number of rotatable bonds is 7. The maximum Gasteiger partial charge on any atom is 0.341 e.